The van der Waals surface area contributed by atoms with Crippen molar-refractivity contribution in [2.45, 2.75) is 21.5 Å². The quantitative estimate of drug-likeness (QED) is 0.174. The van der Waals surface area contributed by atoms with Crippen LogP contribution in [0.1, 0.15) is 23.1 Å². The Kier molecular flexibility index (Phi) is 6.77. The van der Waals surface area contributed by atoms with Crippen LogP contribution in [0.4, 0.5) is 17.3 Å². The van der Waals surface area contributed by atoms with Crippen LogP contribution in [0.15, 0.2) is 161 Å². The van der Waals surface area contributed by atoms with Crippen LogP contribution in [-0.4, -0.2) is 15.0 Å². The van der Waals surface area contributed by atoms with Crippen molar-refractivity contribution in [3.8, 4) is 11.4 Å². The minimum Gasteiger partial charge on any atom is -0.277 e. The summed E-state index contributed by atoms with van der Waals surface area (Å²) in [7, 11) is 0. The zero-order valence-corrected chi connectivity index (χ0v) is 28.0. The third-order valence-electron chi connectivity index (χ3n) is 9.41. The van der Waals surface area contributed by atoms with Gasteiger partial charge in [0, 0.05) is 20.3 Å². The molecule has 8 aromatic rings. The van der Waals surface area contributed by atoms with Crippen molar-refractivity contribution < 1.29 is 0 Å². The third kappa shape index (κ3) is 4.82. The lowest BCUT2D eigenvalue weighted by atomic mass is 9.93. The van der Waals surface area contributed by atoms with Gasteiger partial charge in [-0.2, -0.15) is 9.97 Å². The Balaban J connectivity index is 1.18. The summed E-state index contributed by atoms with van der Waals surface area (Å²) in [6, 6.07) is 51.7. The highest BCUT2D eigenvalue weighted by Gasteiger charge is 2.30. The van der Waals surface area contributed by atoms with E-state index in [1.807, 2.05) is 11.8 Å². The Morgan fingerprint density at radius 1 is 0.510 bits per heavy atom. The van der Waals surface area contributed by atoms with Gasteiger partial charge in [-0.25, -0.2) is 4.98 Å². The standard InChI is InChI=1S/C43H28N4S2/c1-2-12-27(13-3-1)37-24-25-40(48-37)42-44-41(45-43(46-42)47-35-18-8-10-20-38(35)49-39-21-11-9-19-36(39)47)28-22-23-33-31-16-5-4-14-29(31)30-15-6-7-17-32(30)34(33)26-28/h1-24,26,40H,25H2. The first-order chi connectivity index (χ1) is 24.3. The maximum absolute atomic E-state index is 5.29. The molecule has 49 heavy (non-hydrogen) atoms. The summed E-state index contributed by atoms with van der Waals surface area (Å²) in [5.74, 6) is 2.11. The molecular weight excluding hydrogens is 637 g/mol. The second kappa shape index (κ2) is 11.6. The highest BCUT2D eigenvalue weighted by atomic mass is 32.2. The largest absolute Gasteiger partial charge is 0.277 e. The molecule has 1 aromatic heterocycles. The van der Waals surface area contributed by atoms with Crippen LogP contribution in [0, 0.1) is 0 Å². The van der Waals surface area contributed by atoms with E-state index < -0.39 is 0 Å². The molecule has 2 aliphatic rings. The first kappa shape index (κ1) is 28.6. The fraction of sp³-hybridized carbons (Fsp3) is 0.0465. The molecule has 0 bridgehead atoms. The number of benzene rings is 7. The van der Waals surface area contributed by atoms with Gasteiger partial charge in [0.05, 0.1) is 16.6 Å². The van der Waals surface area contributed by atoms with Crippen molar-refractivity contribution in [1.82, 2.24) is 15.0 Å². The fourth-order valence-electron chi connectivity index (χ4n) is 7.13. The minimum absolute atomic E-state index is 0.0746. The van der Waals surface area contributed by atoms with Gasteiger partial charge < -0.3 is 0 Å². The van der Waals surface area contributed by atoms with E-state index in [-0.39, 0.29) is 5.25 Å². The summed E-state index contributed by atoms with van der Waals surface area (Å²) in [6.07, 6.45) is 3.18. The van der Waals surface area contributed by atoms with Crippen LogP contribution in [0.25, 0.3) is 48.6 Å². The van der Waals surface area contributed by atoms with Gasteiger partial charge in [-0.15, -0.1) is 11.8 Å². The molecule has 0 radical (unpaired) electrons. The smallest absolute Gasteiger partial charge is 0.238 e. The van der Waals surface area contributed by atoms with Crippen LogP contribution in [0.5, 0.6) is 0 Å². The summed E-state index contributed by atoms with van der Waals surface area (Å²) >= 11 is 3.63. The summed E-state index contributed by atoms with van der Waals surface area (Å²) in [6.45, 7) is 0. The van der Waals surface area contributed by atoms with Gasteiger partial charge in [0.25, 0.3) is 0 Å². The van der Waals surface area contributed by atoms with Crippen LogP contribution in [0.3, 0.4) is 0 Å². The van der Waals surface area contributed by atoms with Crippen molar-refractivity contribution in [3.63, 3.8) is 0 Å². The maximum Gasteiger partial charge on any atom is 0.238 e. The summed E-state index contributed by atoms with van der Waals surface area (Å²) < 4.78 is 0. The molecule has 6 heteroatoms. The number of aromatic nitrogens is 3. The van der Waals surface area contributed by atoms with Gasteiger partial charge in [-0.05, 0) is 74.6 Å². The molecule has 0 amide bonds. The number of nitrogens with zero attached hydrogens (tertiary/aromatic N) is 4. The van der Waals surface area contributed by atoms with Gasteiger partial charge in [-0.1, -0.05) is 133 Å². The Bertz CT molecular complexity index is 2540. The van der Waals surface area contributed by atoms with E-state index in [4.69, 9.17) is 15.0 Å². The van der Waals surface area contributed by atoms with Crippen molar-refractivity contribution in [1.29, 1.82) is 0 Å². The number of anilines is 3. The number of para-hydroxylation sites is 2. The Morgan fingerprint density at radius 2 is 1.08 bits per heavy atom. The SMILES string of the molecule is C1=C(c2ccccc2)SC(c2nc(-c3ccc4c5ccccc5c5ccccc5c4c3)nc(N3c4ccccc4Sc4ccccc43)n2)C1. The van der Waals surface area contributed by atoms with E-state index in [0.29, 0.717) is 11.8 Å². The van der Waals surface area contributed by atoms with Crippen molar-refractivity contribution in [3.05, 3.63) is 163 Å². The van der Waals surface area contributed by atoms with Crippen molar-refractivity contribution in [2.75, 3.05) is 4.90 Å². The molecule has 1 atom stereocenters. The normalized spacial score (nSPS) is 15.4. The first-order valence-corrected chi connectivity index (χ1v) is 18.2. The second-order valence-electron chi connectivity index (χ2n) is 12.3. The lowest BCUT2D eigenvalue weighted by Gasteiger charge is -2.31. The number of thioether (sulfide) groups is 1. The van der Waals surface area contributed by atoms with Crippen molar-refractivity contribution in [2.24, 2.45) is 0 Å². The van der Waals surface area contributed by atoms with E-state index in [1.54, 1.807) is 11.8 Å². The number of hydrogen-bond donors (Lipinski definition) is 0. The predicted molar refractivity (Wildman–Crippen MR) is 206 cm³/mol. The molecule has 7 aromatic carbocycles. The van der Waals surface area contributed by atoms with E-state index in [1.165, 1.54) is 52.6 Å². The van der Waals surface area contributed by atoms with E-state index >= 15 is 0 Å². The van der Waals surface area contributed by atoms with Gasteiger partial charge >= 0.3 is 0 Å². The van der Waals surface area contributed by atoms with E-state index in [0.717, 1.165) is 29.2 Å². The molecule has 0 fully saturated rings. The highest BCUT2D eigenvalue weighted by molar-refractivity contribution is 8.08. The average Bonchev–Trinajstić information content (AvgIpc) is 3.68. The molecule has 0 saturated carbocycles. The number of fused-ring (bicyclic) bond motifs is 8. The second-order valence-corrected chi connectivity index (χ2v) is 14.6. The average molecular weight is 665 g/mol. The number of rotatable bonds is 4. The summed E-state index contributed by atoms with van der Waals surface area (Å²) in [5.41, 5.74) is 4.36. The molecule has 0 aliphatic carbocycles. The van der Waals surface area contributed by atoms with Crippen LogP contribution < -0.4 is 4.90 Å². The molecule has 232 valence electrons. The molecule has 3 heterocycles. The molecular formula is C43H28N4S2. The van der Waals surface area contributed by atoms with Gasteiger partial charge in [0.2, 0.25) is 5.95 Å². The monoisotopic (exact) mass is 664 g/mol. The zero-order valence-electron chi connectivity index (χ0n) is 26.3. The van der Waals surface area contributed by atoms with Crippen LogP contribution in [-0.2, 0) is 0 Å². The lowest BCUT2D eigenvalue weighted by Crippen LogP contribution is -2.19. The van der Waals surface area contributed by atoms with Crippen molar-refractivity contribution >= 4 is 78.1 Å². The van der Waals surface area contributed by atoms with Crippen LogP contribution >= 0.6 is 23.5 Å². The van der Waals surface area contributed by atoms with Gasteiger partial charge in [0.15, 0.2) is 5.82 Å². The van der Waals surface area contributed by atoms with Crippen LogP contribution in [0.2, 0.25) is 0 Å². The Hall–Kier alpha value is -5.43. The molecule has 2 aliphatic heterocycles. The van der Waals surface area contributed by atoms with Gasteiger partial charge in [0.1, 0.15) is 5.82 Å². The highest BCUT2D eigenvalue weighted by Crippen LogP contribution is 2.52. The summed E-state index contributed by atoms with van der Waals surface area (Å²) in [4.78, 5) is 21.7. The lowest BCUT2D eigenvalue weighted by molar-refractivity contribution is 0.841. The summed E-state index contributed by atoms with van der Waals surface area (Å²) in [5, 5.41) is 7.50. The molecule has 1 unspecified atom stereocenters. The van der Waals surface area contributed by atoms with E-state index in [9.17, 15) is 0 Å². The van der Waals surface area contributed by atoms with Gasteiger partial charge in [-0.3, -0.25) is 4.90 Å². The topological polar surface area (TPSA) is 41.9 Å². The molecule has 10 rings (SSSR count). The molecule has 4 nitrogen and oxygen atoms in total. The fourth-order valence-corrected chi connectivity index (χ4v) is 9.36. The predicted octanol–water partition coefficient (Wildman–Crippen LogP) is 12.2. The Labute approximate surface area is 292 Å². The molecule has 0 N–H and O–H groups in total. The third-order valence-corrected chi connectivity index (χ3v) is 11.9. The first-order valence-electron chi connectivity index (χ1n) is 16.5. The Morgan fingerprint density at radius 3 is 1.76 bits per heavy atom. The molecule has 0 spiro atoms. The number of allylic oxidation sites excluding steroid dienone is 1. The minimum atomic E-state index is 0.0746. The van der Waals surface area contributed by atoms with E-state index in [2.05, 4.69) is 157 Å². The maximum atomic E-state index is 5.29. The zero-order chi connectivity index (χ0) is 32.3. The molecule has 0 saturated heterocycles. The number of hydrogen-bond acceptors (Lipinski definition) is 6.